The van der Waals surface area contributed by atoms with Crippen LogP contribution in [0, 0.1) is 0 Å². The highest BCUT2D eigenvalue weighted by atomic mass is 32.2. The van der Waals surface area contributed by atoms with Gasteiger partial charge in [0.25, 0.3) is 0 Å². The van der Waals surface area contributed by atoms with Gasteiger partial charge in [-0.1, -0.05) is 103 Å². The predicted octanol–water partition coefficient (Wildman–Crippen LogP) is 8.36. The van der Waals surface area contributed by atoms with Gasteiger partial charge >= 0.3 is 0 Å². The van der Waals surface area contributed by atoms with Gasteiger partial charge in [0.1, 0.15) is 0 Å². The summed E-state index contributed by atoms with van der Waals surface area (Å²) in [5.74, 6) is 2.75. The Hall–Kier alpha value is -0.220. The van der Waals surface area contributed by atoms with Gasteiger partial charge in [-0.15, -0.1) is 0 Å². The van der Waals surface area contributed by atoms with Gasteiger partial charge in [0.15, 0.2) is 0 Å². The van der Waals surface area contributed by atoms with E-state index < -0.39 is 0 Å². The van der Waals surface area contributed by atoms with E-state index in [1.807, 2.05) is 0 Å². The van der Waals surface area contributed by atoms with Gasteiger partial charge in [0, 0.05) is 19.4 Å². The van der Waals surface area contributed by atoms with Crippen LogP contribution in [0.5, 0.6) is 0 Å². The molecule has 0 spiro atoms. The van der Waals surface area contributed by atoms with E-state index in [0.29, 0.717) is 6.42 Å². The molecule has 4 heteroatoms. The molecule has 0 radical (unpaired) electrons. The number of rotatable bonds is 26. The Bertz CT molecular complexity index is 409. The van der Waals surface area contributed by atoms with Gasteiger partial charge in [0.2, 0.25) is 5.91 Å². The van der Waals surface area contributed by atoms with Crippen LogP contribution in [0.1, 0.15) is 135 Å². The van der Waals surface area contributed by atoms with Crippen LogP contribution in [0.25, 0.3) is 0 Å². The summed E-state index contributed by atoms with van der Waals surface area (Å²) >= 11 is 2.08. The molecule has 1 N–H and O–H groups in total. The molecule has 0 aliphatic carbocycles. The summed E-state index contributed by atoms with van der Waals surface area (Å²) in [6, 6.07) is 0. The summed E-state index contributed by atoms with van der Waals surface area (Å²) in [5.41, 5.74) is 0. The zero-order valence-corrected chi connectivity index (χ0v) is 24.1. The number of thioether (sulfide) groups is 1. The second kappa shape index (κ2) is 24.9. The topological polar surface area (TPSA) is 29.1 Å². The summed E-state index contributed by atoms with van der Waals surface area (Å²) in [6.45, 7) is 4.22. The number of unbranched alkanes of at least 4 members (excludes halogenated alkanes) is 16. The number of hydrogen-bond acceptors (Lipinski definition) is 2. The Kier molecular flexibility index (Phi) is 24.7. The molecular weight excluding hydrogens is 424 g/mol. The van der Waals surface area contributed by atoms with Crippen molar-refractivity contribution in [2.24, 2.45) is 0 Å². The summed E-state index contributed by atoms with van der Waals surface area (Å²) in [6.07, 6.45) is 27.0. The van der Waals surface area contributed by atoms with Gasteiger partial charge in [-0.25, -0.2) is 0 Å². The third-order valence-electron chi connectivity index (χ3n) is 6.41. The highest BCUT2D eigenvalue weighted by Gasteiger charge is 2.06. The number of nitrogens with zero attached hydrogens (tertiary/aromatic N) is 1. The lowest BCUT2D eigenvalue weighted by molar-refractivity contribution is -0.870. The van der Waals surface area contributed by atoms with Crippen LogP contribution in [0.2, 0.25) is 0 Å². The van der Waals surface area contributed by atoms with Crippen LogP contribution in [0.4, 0.5) is 0 Å². The second-order valence-corrected chi connectivity index (χ2v) is 12.3. The van der Waals surface area contributed by atoms with E-state index in [1.54, 1.807) is 0 Å². The Morgan fingerprint density at radius 3 is 1.48 bits per heavy atom. The van der Waals surface area contributed by atoms with E-state index in [4.69, 9.17) is 0 Å². The van der Waals surface area contributed by atoms with E-state index in [0.717, 1.165) is 30.4 Å². The standard InChI is InChI=1S/C29H60N2OS/c1-5-6-7-8-9-10-11-12-13-14-15-16-17-18-19-21-27-33-28-22-20-24-29(32)30-25-23-26-31(2,3)4/h5-28H2,1-4H3/p+1. The van der Waals surface area contributed by atoms with Crippen molar-refractivity contribution in [3.05, 3.63) is 0 Å². The lowest BCUT2D eigenvalue weighted by atomic mass is 10.0. The first-order valence-corrected chi connectivity index (χ1v) is 15.8. The molecule has 0 aromatic carbocycles. The van der Waals surface area contributed by atoms with Crippen LogP contribution in [-0.4, -0.2) is 56.1 Å². The molecule has 1 amide bonds. The third kappa shape index (κ3) is 29.7. The fraction of sp³-hybridized carbons (Fsp3) is 0.966. The molecule has 0 bridgehead atoms. The Balaban J connectivity index is 3.13. The van der Waals surface area contributed by atoms with Gasteiger partial charge in [0.05, 0.1) is 27.7 Å². The molecule has 0 heterocycles. The van der Waals surface area contributed by atoms with Gasteiger partial charge in [-0.2, -0.15) is 11.8 Å². The molecule has 198 valence electrons. The molecule has 0 saturated carbocycles. The first-order chi connectivity index (χ1) is 16.0. The van der Waals surface area contributed by atoms with Crippen molar-refractivity contribution in [3.63, 3.8) is 0 Å². The van der Waals surface area contributed by atoms with Crippen molar-refractivity contribution in [3.8, 4) is 0 Å². The van der Waals surface area contributed by atoms with Crippen LogP contribution in [-0.2, 0) is 4.79 Å². The highest BCUT2D eigenvalue weighted by Crippen LogP contribution is 2.15. The molecule has 3 nitrogen and oxygen atoms in total. The lowest BCUT2D eigenvalue weighted by Gasteiger charge is -2.23. The molecule has 0 unspecified atom stereocenters. The maximum absolute atomic E-state index is 11.8. The molecule has 0 atom stereocenters. The molecule has 0 aromatic heterocycles. The smallest absolute Gasteiger partial charge is 0.219 e. The minimum atomic E-state index is 0.235. The third-order valence-corrected chi connectivity index (χ3v) is 7.57. The molecular formula is C29H61N2OS+. The number of carbonyl (C=O) groups is 1. The van der Waals surface area contributed by atoms with Crippen LogP contribution in [0.15, 0.2) is 0 Å². The molecule has 0 aliphatic rings. The summed E-state index contributed by atoms with van der Waals surface area (Å²) < 4.78 is 0.965. The predicted molar refractivity (Wildman–Crippen MR) is 151 cm³/mol. The van der Waals surface area contributed by atoms with Crippen molar-refractivity contribution < 1.29 is 9.28 Å². The van der Waals surface area contributed by atoms with Gasteiger partial charge < -0.3 is 9.80 Å². The minimum Gasteiger partial charge on any atom is -0.356 e. The molecule has 0 aromatic rings. The largest absolute Gasteiger partial charge is 0.356 e. The maximum Gasteiger partial charge on any atom is 0.219 e. The molecule has 0 saturated heterocycles. The van der Waals surface area contributed by atoms with E-state index in [1.165, 1.54) is 121 Å². The monoisotopic (exact) mass is 485 g/mol. The maximum atomic E-state index is 11.8. The Morgan fingerprint density at radius 2 is 1.03 bits per heavy atom. The Morgan fingerprint density at radius 1 is 0.606 bits per heavy atom. The normalized spacial score (nSPS) is 11.8. The fourth-order valence-corrected chi connectivity index (χ4v) is 5.23. The molecule has 0 aliphatic heterocycles. The minimum absolute atomic E-state index is 0.235. The van der Waals surface area contributed by atoms with E-state index in [-0.39, 0.29) is 5.91 Å². The van der Waals surface area contributed by atoms with E-state index in [2.05, 4.69) is 45.1 Å². The van der Waals surface area contributed by atoms with Crippen LogP contribution >= 0.6 is 11.8 Å². The number of nitrogens with one attached hydrogen (secondary N) is 1. The zero-order chi connectivity index (χ0) is 24.5. The average Bonchev–Trinajstić information content (AvgIpc) is 2.77. The van der Waals surface area contributed by atoms with Crippen molar-refractivity contribution in [2.75, 3.05) is 45.7 Å². The molecule has 33 heavy (non-hydrogen) atoms. The fourth-order valence-electron chi connectivity index (χ4n) is 4.21. The average molecular weight is 486 g/mol. The van der Waals surface area contributed by atoms with Crippen molar-refractivity contribution in [1.29, 1.82) is 0 Å². The number of quaternary nitrogens is 1. The molecule has 0 rings (SSSR count). The number of hydrogen-bond donors (Lipinski definition) is 1. The quantitative estimate of drug-likeness (QED) is 0.0984. The second-order valence-electron chi connectivity index (χ2n) is 11.1. The Labute approximate surface area is 213 Å². The molecule has 0 fully saturated rings. The first-order valence-electron chi connectivity index (χ1n) is 14.6. The van der Waals surface area contributed by atoms with Crippen molar-refractivity contribution in [2.45, 2.75) is 135 Å². The lowest BCUT2D eigenvalue weighted by Crippen LogP contribution is -2.37. The van der Waals surface area contributed by atoms with Crippen LogP contribution < -0.4 is 5.32 Å². The highest BCUT2D eigenvalue weighted by molar-refractivity contribution is 7.99. The van der Waals surface area contributed by atoms with E-state index >= 15 is 0 Å². The number of amides is 1. The summed E-state index contributed by atoms with van der Waals surface area (Å²) in [4.78, 5) is 11.8. The van der Waals surface area contributed by atoms with E-state index in [9.17, 15) is 4.79 Å². The van der Waals surface area contributed by atoms with Gasteiger partial charge in [-0.3, -0.25) is 4.79 Å². The first kappa shape index (κ1) is 32.8. The number of carbonyl (C=O) groups excluding carboxylic acids is 1. The van der Waals surface area contributed by atoms with Crippen molar-refractivity contribution in [1.82, 2.24) is 5.32 Å². The van der Waals surface area contributed by atoms with Gasteiger partial charge in [-0.05, 0) is 30.8 Å². The SMILES string of the molecule is CCCCCCCCCCCCCCCCCCSCCCCC(=O)NCCC[N+](C)(C)C. The summed E-state index contributed by atoms with van der Waals surface area (Å²) in [5, 5.41) is 3.06. The summed E-state index contributed by atoms with van der Waals surface area (Å²) in [7, 11) is 6.58. The van der Waals surface area contributed by atoms with Crippen LogP contribution in [0.3, 0.4) is 0 Å². The van der Waals surface area contributed by atoms with Crippen molar-refractivity contribution >= 4 is 17.7 Å². The zero-order valence-electron chi connectivity index (χ0n) is 23.2.